The average Bonchev–Trinajstić information content (AvgIpc) is 3.02. The van der Waals surface area contributed by atoms with Crippen LogP contribution in [0.1, 0.15) is 5.56 Å². The van der Waals surface area contributed by atoms with Crippen LogP contribution in [-0.2, 0) is 18.4 Å². The van der Waals surface area contributed by atoms with Crippen LogP contribution in [0.15, 0.2) is 39.2 Å². The molecule has 0 spiro atoms. The predicted molar refractivity (Wildman–Crippen MR) is 96.1 cm³/mol. The number of fused-ring (bicyclic) bond motifs is 1. The Kier molecular flexibility index (Phi) is 4.29. The molecule has 0 aliphatic heterocycles. The summed E-state index contributed by atoms with van der Waals surface area (Å²) >= 11 is 7.19. The quantitative estimate of drug-likeness (QED) is 0.776. The van der Waals surface area contributed by atoms with E-state index in [-0.39, 0.29) is 18.0 Å². The van der Waals surface area contributed by atoms with Crippen LogP contribution in [0, 0.1) is 6.92 Å². The molecule has 6 nitrogen and oxygen atoms in total. The smallest absolute Gasteiger partial charge is 0.324 e. The van der Waals surface area contributed by atoms with Crippen LogP contribution in [0.5, 0.6) is 0 Å². The number of carbonyl (C=O) groups is 1. The largest absolute Gasteiger partial charge is 0.331 e. The molecular formula is C16H14ClN3O3S. The summed E-state index contributed by atoms with van der Waals surface area (Å²) < 4.78 is 2.75. The zero-order valence-corrected chi connectivity index (χ0v) is 14.6. The summed E-state index contributed by atoms with van der Waals surface area (Å²) in [5.74, 6) is -0.367. The topological polar surface area (TPSA) is 73.1 Å². The second-order valence-electron chi connectivity index (χ2n) is 5.38. The first-order chi connectivity index (χ1) is 11.4. The number of benzene rings is 1. The number of rotatable bonds is 3. The second kappa shape index (κ2) is 6.26. The van der Waals surface area contributed by atoms with Crippen molar-refractivity contribution in [2.45, 2.75) is 13.5 Å². The number of nitrogens with one attached hydrogen (secondary N) is 1. The third-order valence-corrected chi connectivity index (χ3v) is 4.85. The number of amides is 1. The van der Waals surface area contributed by atoms with Gasteiger partial charge in [-0.15, -0.1) is 11.3 Å². The minimum absolute atomic E-state index is 0.188. The van der Waals surface area contributed by atoms with Crippen LogP contribution in [0.4, 0.5) is 5.69 Å². The summed E-state index contributed by atoms with van der Waals surface area (Å²) in [4.78, 5) is 36.8. The van der Waals surface area contributed by atoms with Crippen molar-refractivity contribution in [2.24, 2.45) is 7.05 Å². The predicted octanol–water partition coefficient (Wildman–Crippen LogP) is 2.36. The Morgan fingerprint density at radius 1 is 1.29 bits per heavy atom. The number of anilines is 1. The number of aromatic nitrogens is 2. The van der Waals surface area contributed by atoms with Gasteiger partial charge in [0.05, 0.1) is 5.52 Å². The van der Waals surface area contributed by atoms with Gasteiger partial charge in [0.1, 0.15) is 11.2 Å². The maximum atomic E-state index is 12.4. The van der Waals surface area contributed by atoms with E-state index in [2.05, 4.69) is 5.32 Å². The number of nitrogens with zero attached hydrogens (tertiary/aromatic N) is 2. The van der Waals surface area contributed by atoms with Crippen molar-refractivity contribution in [1.29, 1.82) is 0 Å². The molecule has 2 heterocycles. The summed E-state index contributed by atoms with van der Waals surface area (Å²) in [6.07, 6.45) is 0. The molecule has 24 heavy (non-hydrogen) atoms. The Morgan fingerprint density at radius 3 is 2.79 bits per heavy atom. The van der Waals surface area contributed by atoms with Crippen molar-refractivity contribution in [3.8, 4) is 0 Å². The van der Waals surface area contributed by atoms with Gasteiger partial charge in [0, 0.05) is 17.8 Å². The third-order valence-electron chi connectivity index (χ3n) is 3.73. The number of carbonyl (C=O) groups excluding carboxylic acids is 1. The van der Waals surface area contributed by atoms with Crippen LogP contribution in [0.3, 0.4) is 0 Å². The van der Waals surface area contributed by atoms with Gasteiger partial charge in [-0.1, -0.05) is 17.7 Å². The van der Waals surface area contributed by atoms with Crippen LogP contribution >= 0.6 is 22.9 Å². The van der Waals surface area contributed by atoms with Gasteiger partial charge >= 0.3 is 5.69 Å². The summed E-state index contributed by atoms with van der Waals surface area (Å²) in [6, 6.07) is 6.85. The molecule has 3 rings (SSSR count). The van der Waals surface area contributed by atoms with Gasteiger partial charge in [-0.05, 0) is 36.1 Å². The van der Waals surface area contributed by atoms with E-state index in [1.54, 1.807) is 29.6 Å². The van der Waals surface area contributed by atoms with Crippen molar-refractivity contribution >= 4 is 44.7 Å². The molecule has 0 fully saturated rings. The molecular weight excluding hydrogens is 350 g/mol. The Hall–Kier alpha value is -2.38. The summed E-state index contributed by atoms with van der Waals surface area (Å²) in [5, 5.41) is 4.98. The highest BCUT2D eigenvalue weighted by atomic mass is 35.5. The number of thiophene rings is 1. The zero-order valence-electron chi connectivity index (χ0n) is 13.0. The van der Waals surface area contributed by atoms with Crippen molar-refractivity contribution in [3.63, 3.8) is 0 Å². The highest BCUT2D eigenvalue weighted by Crippen LogP contribution is 2.20. The summed E-state index contributed by atoms with van der Waals surface area (Å²) in [6.45, 7) is 1.66. The van der Waals surface area contributed by atoms with E-state index in [4.69, 9.17) is 11.6 Å². The summed E-state index contributed by atoms with van der Waals surface area (Å²) in [7, 11) is 1.40. The third kappa shape index (κ3) is 2.88. The van der Waals surface area contributed by atoms with Crippen LogP contribution in [-0.4, -0.2) is 15.0 Å². The Bertz CT molecular complexity index is 1060. The Labute approximate surface area is 145 Å². The number of hydrogen-bond donors (Lipinski definition) is 1. The molecule has 124 valence electrons. The average molecular weight is 364 g/mol. The highest BCUT2D eigenvalue weighted by Gasteiger charge is 2.15. The number of halogens is 1. The molecule has 1 aromatic carbocycles. The first-order valence-corrected chi connectivity index (χ1v) is 8.37. The van der Waals surface area contributed by atoms with E-state index in [0.29, 0.717) is 20.9 Å². The lowest BCUT2D eigenvalue weighted by Gasteiger charge is -2.12. The highest BCUT2D eigenvalue weighted by molar-refractivity contribution is 7.17. The minimum atomic E-state index is -0.524. The lowest BCUT2D eigenvalue weighted by atomic mass is 10.2. The second-order valence-corrected chi connectivity index (χ2v) is 6.73. The van der Waals surface area contributed by atoms with Crippen LogP contribution in [0.25, 0.3) is 10.2 Å². The maximum Gasteiger partial charge on any atom is 0.331 e. The molecule has 0 saturated heterocycles. The molecule has 2 aromatic heterocycles. The van der Waals surface area contributed by atoms with E-state index in [0.717, 1.165) is 10.1 Å². The van der Waals surface area contributed by atoms with Crippen molar-refractivity contribution in [3.05, 3.63) is 61.1 Å². The standard InChI is InChI=1S/C16H14ClN3O3S/c1-9-3-4-10(17)7-11(9)18-13(21)8-20-12-5-6-24-14(12)15(22)19(2)16(20)23/h3-7H,8H2,1-2H3,(H,18,21). The Morgan fingerprint density at radius 2 is 2.04 bits per heavy atom. The first kappa shape index (κ1) is 16.5. The summed E-state index contributed by atoms with van der Waals surface area (Å²) in [5.41, 5.74) is 1.04. The SMILES string of the molecule is Cc1ccc(Cl)cc1NC(=O)Cn1c(=O)n(C)c(=O)c2sccc21. The lowest BCUT2D eigenvalue weighted by Crippen LogP contribution is -2.39. The molecule has 0 bridgehead atoms. The van der Waals surface area contributed by atoms with Gasteiger partial charge in [0.15, 0.2) is 0 Å². The fraction of sp³-hybridized carbons (Fsp3) is 0.188. The molecule has 0 radical (unpaired) electrons. The molecule has 8 heteroatoms. The van der Waals surface area contributed by atoms with Gasteiger partial charge in [0.25, 0.3) is 5.56 Å². The fourth-order valence-corrected chi connectivity index (χ4v) is 3.46. The molecule has 1 amide bonds. The molecule has 3 aromatic rings. The molecule has 0 saturated carbocycles. The van der Waals surface area contributed by atoms with Crippen molar-refractivity contribution in [1.82, 2.24) is 9.13 Å². The van der Waals surface area contributed by atoms with E-state index >= 15 is 0 Å². The van der Waals surface area contributed by atoms with Gasteiger partial charge in [-0.3, -0.25) is 18.7 Å². The monoisotopic (exact) mass is 363 g/mol. The minimum Gasteiger partial charge on any atom is -0.324 e. The number of hydrogen-bond acceptors (Lipinski definition) is 4. The first-order valence-electron chi connectivity index (χ1n) is 7.11. The van der Waals surface area contributed by atoms with Crippen molar-refractivity contribution in [2.75, 3.05) is 5.32 Å². The van der Waals surface area contributed by atoms with E-state index < -0.39 is 5.69 Å². The van der Waals surface area contributed by atoms with E-state index in [9.17, 15) is 14.4 Å². The van der Waals surface area contributed by atoms with E-state index in [1.165, 1.54) is 23.0 Å². The normalized spacial score (nSPS) is 11.0. The molecule has 0 aliphatic rings. The van der Waals surface area contributed by atoms with Crippen LogP contribution < -0.4 is 16.6 Å². The van der Waals surface area contributed by atoms with E-state index in [1.807, 2.05) is 6.92 Å². The maximum absolute atomic E-state index is 12.4. The van der Waals surface area contributed by atoms with Crippen LogP contribution in [0.2, 0.25) is 5.02 Å². The van der Waals surface area contributed by atoms with Gasteiger partial charge in [-0.2, -0.15) is 0 Å². The molecule has 1 N–H and O–H groups in total. The van der Waals surface area contributed by atoms with Gasteiger partial charge < -0.3 is 5.32 Å². The Balaban J connectivity index is 1.97. The van der Waals surface area contributed by atoms with Gasteiger partial charge in [0.2, 0.25) is 5.91 Å². The van der Waals surface area contributed by atoms with Gasteiger partial charge in [-0.25, -0.2) is 4.79 Å². The lowest BCUT2D eigenvalue weighted by molar-refractivity contribution is -0.116. The molecule has 0 atom stereocenters. The molecule has 0 unspecified atom stereocenters. The fourth-order valence-electron chi connectivity index (χ4n) is 2.41. The molecule has 0 aliphatic carbocycles. The van der Waals surface area contributed by atoms with Crippen molar-refractivity contribution < 1.29 is 4.79 Å². The zero-order chi connectivity index (χ0) is 17.4. The number of aryl methyl sites for hydroxylation is 1.